The monoisotopic (exact) mass is 358 g/mol. The molecule has 1 saturated heterocycles. The highest BCUT2D eigenvalue weighted by Gasteiger charge is 2.46. The fourth-order valence-corrected chi connectivity index (χ4v) is 1.81. The van der Waals surface area contributed by atoms with Gasteiger partial charge in [-0.2, -0.15) is 16.8 Å². The first-order valence-corrected chi connectivity index (χ1v) is 7.68. The molecule has 1 unspecified atom stereocenters. The van der Waals surface area contributed by atoms with Gasteiger partial charge in [-0.05, 0) is 0 Å². The Morgan fingerprint density at radius 1 is 0.952 bits per heavy atom. The summed E-state index contributed by atoms with van der Waals surface area (Å²) in [4.78, 5) is 0. The van der Waals surface area contributed by atoms with Crippen LogP contribution in [0.5, 0.6) is 0 Å². The van der Waals surface area contributed by atoms with E-state index >= 15 is 0 Å². The molecule has 0 bridgehead atoms. The van der Waals surface area contributed by atoms with E-state index < -0.39 is 58.1 Å². The summed E-state index contributed by atoms with van der Waals surface area (Å²) in [6.07, 6.45) is -8.53. The molecule has 15 heteroatoms. The van der Waals surface area contributed by atoms with Crippen LogP contribution in [0, 0.1) is 0 Å². The molecule has 0 radical (unpaired) electrons. The molecule has 0 saturated carbocycles. The summed E-state index contributed by atoms with van der Waals surface area (Å²) in [5, 5.41) is 36.6. The molecule has 1 rings (SSSR count). The van der Waals surface area contributed by atoms with E-state index in [-0.39, 0.29) is 0 Å². The molecule has 128 valence electrons. The van der Waals surface area contributed by atoms with Gasteiger partial charge in [0.05, 0.1) is 6.61 Å². The molecular weight excluding hydrogens is 344 g/mol. The molecule has 0 spiro atoms. The second-order valence-corrected chi connectivity index (χ2v) is 5.61. The van der Waals surface area contributed by atoms with E-state index in [1.54, 1.807) is 0 Å². The maximum absolute atomic E-state index is 10.4. The number of hydrogen-bond acceptors (Lipinski definition) is 10. The van der Waals surface area contributed by atoms with Gasteiger partial charge in [-0.1, -0.05) is 0 Å². The molecule has 1 aliphatic heterocycles. The number of hydrogen-bond donors (Lipinski definition) is 7. The molecule has 7 N–H and O–H groups in total. The van der Waals surface area contributed by atoms with Gasteiger partial charge in [0.2, 0.25) is 0 Å². The SMILES string of the molecule is O=S(=O)(O)O.O=S(=O)(O)O[C@H]1C(O)O[C@H](CO)[C@H](O)[C@@H]1O. The Morgan fingerprint density at radius 3 is 1.71 bits per heavy atom. The molecule has 0 aromatic carbocycles. The number of ether oxygens (including phenoxy) is 1. The molecule has 0 aromatic heterocycles. The first kappa shape index (κ1) is 20.5. The standard InChI is InChI=1S/C6H12O9S.H2O4S/c7-1-2-3(8)4(9)5(6(10)14-2)15-16(11,12)13;1-5(2,3)4/h2-10H,1H2,(H,11,12,13);(H2,1,2,3,4)/t2-,3+,4+,5-,6?;/m1./s1. The molecule has 0 amide bonds. The van der Waals surface area contributed by atoms with Crippen LogP contribution in [0.25, 0.3) is 0 Å². The smallest absolute Gasteiger partial charge is 0.394 e. The topological polar surface area (TPSA) is 228 Å². The molecule has 1 aliphatic rings. The summed E-state index contributed by atoms with van der Waals surface area (Å²) < 4.78 is 69.2. The van der Waals surface area contributed by atoms with Crippen molar-refractivity contribution in [3.8, 4) is 0 Å². The third-order valence-corrected chi connectivity index (χ3v) is 2.54. The fourth-order valence-electron chi connectivity index (χ4n) is 1.32. The van der Waals surface area contributed by atoms with Gasteiger partial charge in [0.15, 0.2) is 12.4 Å². The minimum absolute atomic E-state index is 0.687. The van der Waals surface area contributed by atoms with E-state index in [0.29, 0.717) is 0 Å². The zero-order chi connectivity index (χ0) is 17.0. The van der Waals surface area contributed by atoms with Crippen molar-refractivity contribution >= 4 is 20.8 Å². The van der Waals surface area contributed by atoms with Crippen molar-refractivity contribution in [2.45, 2.75) is 30.7 Å². The lowest BCUT2D eigenvalue weighted by Gasteiger charge is -2.38. The third-order valence-electron chi connectivity index (χ3n) is 2.08. The largest absolute Gasteiger partial charge is 0.397 e. The van der Waals surface area contributed by atoms with Crippen LogP contribution >= 0.6 is 0 Å². The average molecular weight is 358 g/mol. The Hall–Kier alpha value is -0.460. The second-order valence-electron chi connectivity index (χ2n) is 3.67. The van der Waals surface area contributed by atoms with Gasteiger partial charge in [-0.15, -0.1) is 0 Å². The van der Waals surface area contributed by atoms with Crippen LogP contribution < -0.4 is 0 Å². The molecule has 0 aliphatic carbocycles. The molecule has 5 atom stereocenters. The molecular formula is C6H14O13S2. The molecule has 1 heterocycles. The van der Waals surface area contributed by atoms with Gasteiger partial charge in [-0.25, -0.2) is 4.18 Å². The van der Waals surface area contributed by atoms with Crippen LogP contribution in [0.2, 0.25) is 0 Å². The Morgan fingerprint density at radius 2 is 1.38 bits per heavy atom. The average Bonchev–Trinajstić information content (AvgIpc) is 2.26. The van der Waals surface area contributed by atoms with Crippen LogP contribution in [0.3, 0.4) is 0 Å². The number of aliphatic hydroxyl groups excluding tert-OH is 4. The predicted octanol–water partition coefficient (Wildman–Crippen LogP) is -4.05. The van der Waals surface area contributed by atoms with Gasteiger partial charge in [-0.3, -0.25) is 13.7 Å². The van der Waals surface area contributed by atoms with E-state index in [9.17, 15) is 23.7 Å². The molecule has 13 nitrogen and oxygen atoms in total. The Balaban J connectivity index is 0.000000690. The lowest BCUT2D eigenvalue weighted by atomic mass is 9.99. The lowest BCUT2D eigenvalue weighted by Crippen LogP contribution is -2.59. The first-order chi connectivity index (χ1) is 9.26. The molecule has 21 heavy (non-hydrogen) atoms. The summed E-state index contributed by atoms with van der Waals surface area (Å²) in [7, 11) is -9.58. The minimum Gasteiger partial charge on any atom is -0.394 e. The van der Waals surface area contributed by atoms with Crippen molar-refractivity contribution in [2.24, 2.45) is 0 Å². The van der Waals surface area contributed by atoms with Crippen LogP contribution in [-0.4, -0.2) is 88.2 Å². The van der Waals surface area contributed by atoms with E-state index in [2.05, 4.69) is 8.92 Å². The molecule has 0 aromatic rings. The highest BCUT2D eigenvalue weighted by atomic mass is 32.3. The van der Waals surface area contributed by atoms with E-state index in [1.165, 1.54) is 0 Å². The maximum Gasteiger partial charge on any atom is 0.397 e. The number of aliphatic hydroxyl groups is 4. The van der Waals surface area contributed by atoms with Crippen LogP contribution in [0.4, 0.5) is 0 Å². The Labute approximate surface area is 118 Å². The van der Waals surface area contributed by atoms with Gasteiger partial charge in [0.25, 0.3) is 0 Å². The highest BCUT2D eigenvalue weighted by molar-refractivity contribution is 7.81. The minimum atomic E-state index is -4.91. The summed E-state index contributed by atoms with van der Waals surface area (Å²) in [6.45, 7) is -0.687. The van der Waals surface area contributed by atoms with Crippen LogP contribution in [0.1, 0.15) is 0 Å². The van der Waals surface area contributed by atoms with E-state index in [0.717, 1.165) is 0 Å². The number of rotatable bonds is 3. The van der Waals surface area contributed by atoms with Gasteiger partial charge >= 0.3 is 20.8 Å². The summed E-state index contributed by atoms with van der Waals surface area (Å²) in [5.41, 5.74) is 0. The van der Waals surface area contributed by atoms with Crippen molar-refractivity contribution in [3.63, 3.8) is 0 Å². The van der Waals surface area contributed by atoms with Crippen molar-refractivity contribution in [3.05, 3.63) is 0 Å². The van der Waals surface area contributed by atoms with Crippen LogP contribution in [0.15, 0.2) is 0 Å². The zero-order valence-corrected chi connectivity index (χ0v) is 11.6. The summed E-state index contributed by atoms with van der Waals surface area (Å²) in [6, 6.07) is 0. The Bertz CT molecular complexity index is 503. The quantitative estimate of drug-likeness (QED) is 0.238. The van der Waals surface area contributed by atoms with E-state index in [1.807, 2.05) is 0 Å². The van der Waals surface area contributed by atoms with Crippen LogP contribution in [-0.2, 0) is 29.7 Å². The maximum atomic E-state index is 10.4. The third kappa shape index (κ3) is 8.53. The van der Waals surface area contributed by atoms with Gasteiger partial charge in [0, 0.05) is 0 Å². The van der Waals surface area contributed by atoms with Gasteiger partial charge in [0.1, 0.15) is 18.3 Å². The highest BCUT2D eigenvalue weighted by Crippen LogP contribution is 2.22. The van der Waals surface area contributed by atoms with E-state index in [4.69, 9.17) is 27.2 Å². The lowest BCUT2D eigenvalue weighted by molar-refractivity contribution is -0.280. The summed E-state index contributed by atoms with van der Waals surface area (Å²) in [5.74, 6) is 0. The fraction of sp³-hybridized carbons (Fsp3) is 1.00. The second kappa shape index (κ2) is 7.70. The molecule has 1 fully saturated rings. The summed E-state index contributed by atoms with van der Waals surface area (Å²) >= 11 is 0. The van der Waals surface area contributed by atoms with Gasteiger partial charge < -0.3 is 25.2 Å². The van der Waals surface area contributed by atoms with Crippen molar-refractivity contribution < 1.29 is 59.8 Å². The van der Waals surface area contributed by atoms with Crippen molar-refractivity contribution in [1.29, 1.82) is 0 Å². The normalized spacial score (nSPS) is 34.0. The predicted molar refractivity (Wildman–Crippen MR) is 60.6 cm³/mol. The first-order valence-electron chi connectivity index (χ1n) is 4.92. The van der Waals surface area contributed by atoms with Crippen molar-refractivity contribution in [1.82, 2.24) is 0 Å². The van der Waals surface area contributed by atoms with Crippen molar-refractivity contribution in [2.75, 3.05) is 6.61 Å². The Kier molecular flexibility index (Phi) is 7.53. The zero-order valence-electron chi connectivity index (χ0n) is 9.99.